The van der Waals surface area contributed by atoms with Gasteiger partial charge < -0.3 is 10.3 Å². The number of rotatable bonds is 6. The summed E-state index contributed by atoms with van der Waals surface area (Å²) in [5.74, 6) is 1.05. The Bertz CT molecular complexity index is 433. The van der Waals surface area contributed by atoms with Gasteiger partial charge in [-0.05, 0) is 25.5 Å². The summed E-state index contributed by atoms with van der Waals surface area (Å²) < 4.78 is 0. The van der Waals surface area contributed by atoms with E-state index in [-0.39, 0.29) is 0 Å². The summed E-state index contributed by atoms with van der Waals surface area (Å²) in [6.07, 6.45) is 5.74. The first-order chi connectivity index (χ1) is 8.29. The predicted octanol–water partition coefficient (Wildman–Crippen LogP) is 2.93. The molecule has 2 rings (SSSR count). The zero-order chi connectivity index (χ0) is 12.1. The van der Waals surface area contributed by atoms with Gasteiger partial charge in [-0.15, -0.1) is 11.3 Å². The van der Waals surface area contributed by atoms with Gasteiger partial charge in [-0.25, -0.2) is 4.98 Å². The first kappa shape index (κ1) is 12.3. The maximum atomic E-state index is 4.21. The summed E-state index contributed by atoms with van der Waals surface area (Å²) in [7, 11) is 0. The van der Waals surface area contributed by atoms with Crippen LogP contribution in [0.25, 0.3) is 0 Å². The van der Waals surface area contributed by atoms with Crippen LogP contribution >= 0.6 is 11.3 Å². The van der Waals surface area contributed by atoms with Crippen molar-refractivity contribution in [1.82, 2.24) is 15.3 Å². The Hall–Kier alpha value is -1.13. The number of hydrogen-bond acceptors (Lipinski definition) is 3. The molecule has 92 valence electrons. The predicted molar refractivity (Wildman–Crippen MR) is 72.4 cm³/mol. The van der Waals surface area contributed by atoms with Crippen molar-refractivity contribution in [1.29, 1.82) is 0 Å². The van der Waals surface area contributed by atoms with Crippen LogP contribution in [0, 0.1) is 0 Å². The highest BCUT2D eigenvalue weighted by Crippen LogP contribution is 2.23. The van der Waals surface area contributed by atoms with E-state index in [1.165, 1.54) is 9.75 Å². The fraction of sp³-hybridized carbons (Fsp3) is 0.462. The summed E-state index contributed by atoms with van der Waals surface area (Å²) >= 11 is 1.90. The van der Waals surface area contributed by atoms with Crippen LogP contribution in [-0.2, 0) is 12.8 Å². The van der Waals surface area contributed by atoms with E-state index in [1.807, 2.05) is 17.5 Å². The fourth-order valence-electron chi connectivity index (χ4n) is 1.76. The highest BCUT2D eigenvalue weighted by atomic mass is 32.1. The van der Waals surface area contributed by atoms with Crippen molar-refractivity contribution >= 4 is 11.3 Å². The van der Waals surface area contributed by atoms with Gasteiger partial charge in [0, 0.05) is 41.2 Å². The maximum absolute atomic E-state index is 4.21. The quantitative estimate of drug-likeness (QED) is 0.826. The second kappa shape index (κ2) is 5.98. The Morgan fingerprint density at radius 3 is 3.00 bits per heavy atom. The van der Waals surface area contributed by atoms with Crippen LogP contribution in [0.15, 0.2) is 24.5 Å². The van der Waals surface area contributed by atoms with Gasteiger partial charge in [-0.2, -0.15) is 0 Å². The second-order valence-electron chi connectivity index (χ2n) is 4.12. The molecule has 4 heteroatoms. The molecule has 0 spiro atoms. The molecule has 0 saturated carbocycles. The fourth-order valence-corrected chi connectivity index (χ4v) is 2.74. The van der Waals surface area contributed by atoms with E-state index in [0.717, 1.165) is 25.2 Å². The van der Waals surface area contributed by atoms with Crippen molar-refractivity contribution < 1.29 is 0 Å². The van der Waals surface area contributed by atoms with Gasteiger partial charge in [-0.1, -0.05) is 6.92 Å². The van der Waals surface area contributed by atoms with Crippen molar-refractivity contribution in [2.24, 2.45) is 0 Å². The minimum Gasteiger partial charge on any atom is -0.349 e. The van der Waals surface area contributed by atoms with E-state index in [1.54, 1.807) is 6.20 Å². The van der Waals surface area contributed by atoms with E-state index < -0.39 is 0 Å². The zero-order valence-electron chi connectivity index (χ0n) is 10.4. The molecule has 1 atom stereocenters. The number of aryl methyl sites for hydroxylation is 1. The highest BCUT2D eigenvalue weighted by Gasteiger charge is 2.07. The Morgan fingerprint density at radius 1 is 1.47 bits per heavy atom. The molecule has 0 aliphatic rings. The third-order valence-corrected chi connectivity index (χ3v) is 4.24. The Morgan fingerprint density at radius 2 is 2.35 bits per heavy atom. The van der Waals surface area contributed by atoms with Crippen molar-refractivity contribution in [3.05, 3.63) is 40.1 Å². The van der Waals surface area contributed by atoms with Crippen LogP contribution in [0.5, 0.6) is 0 Å². The summed E-state index contributed by atoms with van der Waals surface area (Å²) in [6, 6.07) is 4.88. The minimum absolute atomic E-state index is 0.426. The molecule has 2 N–H and O–H groups in total. The molecule has 17 heavy (non-hydrogen) atoms. The third kappa shape index (κ3) is 3.41. The van der Waals surface area contributed by atoms with Gasteiger partial charge in [0.2, 0.25) is 0 Å². The molecule has 3 nitrogen and oxygen atoms in total. The topological polar surface area (TPSA) is 40.7 Å². The standard InChI is InChI=1S/C13H19N3S/c1-3-11-4-5-12(17-11)10(2)14-7-6-13-15-8-9-16-13/h4-5,8-10,14H,3,6-7H2,1-2H3,(H,15,16). The Labute approximate surface area is 106 Å². The molecule has 0 amide bonds. The summed E-state index contributed by atoms with van der Waals surface area (Å²) in [4.78, 5) is 10.2. The van der Waals surface area contributed by atoms with E-state index in [4.69, 9.17) is 0 Å². The largest absolute Gasteiger partial charge is 0.349 e. The molecular weight excluding hydrogens is 230 g/mol. The number of aromatic nitrogens is 2. The molecule has 2 aromatic heterocycles. The number of H-pyrrole nitrogens is 1. The molecule has 0 saturated heterocycles. The van der Waals surface area contributed by atoms with Crippen LogP contribution in [-0.4, -0.2) is 16.5 Å². The number of aromatic amines is 1. The van der Waals surface area contributed by atoms with Crippen LogP contribution in [0.2, 0.25) is 0 Å². The lowest BCUT2D eigenvalue weighted by Gasteiger charge is -2.11. The van der Waals surface area contributed by atoms with Gasteiger partial charge in [0.05, 0.1) is 0 Å². The van der Waals surface area contributed by atoms with Crippen LogP contribution < -0.4 is 5.32 Å². The van der Waals surface area contributed by atoms with Crippen LogP contribution in [0.4, 0.5) is 0 Å². The molecule has 0 fully saturated rings. The molecule has 0 aliphatic carbocycles. The second-order valence-corrected chi connectivity index (χ2v) is 5.32. The molecule has 2 aromatic rings. The SMILES string of the molecule is CCc1ccc(C(C)NCCc2ncc[nH]2)s1. The average Bonchev–Trinajstić information content (AvgIpc) is 2.99. The summed E-state index contributed by atoms with van der Waals surface area (Å²) in [6.45, 7) is 5.37. The Balaban J connectivity index is 1.78. The van der Waals surface area contributed by atoms with E-state index in [0.29, 0.717) is 6.04 Å². The lowest BCUT2D eigenvalue weighted by atomic mass is 10.2. The van der Waals surface area contributed by atoms with Crippen molar-refractivity contribution in [2.45, 2.75) is 32.7 Å². The van der Waals surface area contributed by atoms with Crippen LogP contribution in [0.1, 0.15) is 35.5 Å². The van der Waals surface area contributed by atoms with E-state index >= 15 is 0 Å². The number of hydrogen-bond donors (Lipinski definition) is 2. The molecule has 0 radical (unpaired) electrons. The lowest BCUT2D eigenvalue weighted by molar-refractivity contribution is 0.579. The number of thiophene rings is 1. The number of nitrogens with zero attached hydrogens (tertiary/aromatic N) is 1. The molecule has 2 heterocycles. The van der Waals surface area contributed by atoms with Gasteiger partial charge in [0.1, 0.15) is 5.82 Å². The molecule has 1 unspecified atom stereocenters. The zero-order valence-corrected chi connectivity index (χ0v) is 11.2. The summed E-state index contributed by atoms with van der Waals surface area (Å²) in [5, 5.41) is 3.53. The van der Waals surface area contributed by atoms with E-state index in [2.05, 4.69) is 41.3 Å². The van der Waals surface area contributed by atoms with E-state index in [9.17, 15) is 0 Å². The van der Waals surface area contributed by atoms with Gasteiger partial charge in [0.25, 0.3) is 0 Å². The van der Waals surface area contributed by atoms with Crippen molar-refractivity contribution in [2.75, 3.05) is 6.54 Å². The molecule has 0 bridgehead atoms. The lowest BCUT2D eigenvalue weighted by Crippen LogP contribution is -2.20. The van der Waals surface area contributed by atoms with Gasteiger partial charge in [-0.3, -0.25) is 0 Å². The van der Waals surface area contributed by atoms with Crippen molar-refractivity contribution in [3.63, 3.8) is 0 Å². The van der Waals surface area contributed by atoms with Gasteiger partial charge >= 0.3 is 0 Å². The highest BCUT2D eigenvalue weighted by molar-refractivity contribution is 7.12. The average molecular weight is 249 g/mol. The Kier molecular flexibility index (Phi) is 4.34. The molecular formula is C13H19N3S. The number of imidazole rings is 1. The number of nitrogens with one attached hydrogen (secondary N) is 2. The third-order valence-electron chi connectivity index (χ3n) is 2.82. The monoisotopic (exact) mass is 249 g/mol. The first-order valence-electron chi connectivity index (χ1n) is 6.10. The normalized spacial score (nSPS) is 12.8. The smallest absolute Gasteiger partial charge is 0.107 e. The van der Waals surface area contributed by atoms with Crippen LogP contribution in [0.3, 0.4) is 0 Å². The first-order valence-corrected chi connectivity index (χ1v) is 6.91. The van der Waals surface area contributed by atoms with Gasteiger partial charge in [0.15, 0.2) is 0 Å². The van der Waals surface area contributed by atoms with Crippen molar-refractivity contribution in [3.8, 4) is 0 Å². The molecule has 0 aromatic carbocycles. The summed E-state index contributed by atoms with van der Waals surface area (Å²) in [5.41, 5.74) is 0. The maximum Gasteiger partial charge on any atom is 0.107 e. The molecule has 0 aliphatic heterocycles. The minimum atomic E-state index is 0.426.